The Kier molecular flexibility index (Phi) is 6.92. The van der Waals surface area contributed by atoms with Gasteiger partial charge in [-0.3, -0.25) is 4.90 Å². The van der Waals surface area contributed by atoms with Crippen molar-refractivity contribution in [2.45, 2.75) is 76.0 Å². The summed E-state index contributed by atoms with van der Waals surface area (Å²) in [5.74, 6) is 1.60. The van der Waals surface area contributed by atoms with Gasteiger partial charge in [-0.1, -0.05) is 31.2 Å². The van der Waals surface area contributed by atoms with Gasteiger partial charge in [0.05, 0.1) is 18.1 Å². The summed E-state index contributed by atoms with van der Waals surface area (Å²) in [5, 5.41) is 12.7. The topological polar surface area (TPSA) is 86.5 Å². The Labute approximate surface area is 220 Å². The molecule has 8 nitrogen and oxygen atoms in total. The van der Waals surface area contributed by atoms with Crippen molar-refractivity contribution in [2.24, 2.45) is 0 Å². The fourth-order valence-electron chi connectivity index (χ4n) is 6.81. The quantitative estimate of drug-likeness (QED) is 0.642. The van der Waals surface area contributed by atoms with E-state index < -0.39 is 0 Å². The normalized spacial score (nSPS) is 27.3. The van der Waals surface area contributed by atoms with E-state index >= 15 is 0 Å². The number of likely N-dealkylation sites (N-methyl/N-ethyl adjacent to an activating group) is 1. The molecule has 0 radical (unpaired) electrons. The van der Waals surface area contributed by atoms with Crippen LogP contribution in [0.5, 0.6) is 11.9 Å². The Morgan fingerprint density at radius 3 is 3.00 bits per heavy atom. The van der Waals surface area contributed by atoms with Crippen LogP contribution in [-0.4, -0.2) is 66.3 Å². The zero-order valence-corrected chi connectivity index (χ0v) is 21.9. The van der Waals surface area contributed by atoms with Crippen molar-refractivity contribution < 1.29 is 9.47 Å². The van der Waals surface area contributed by atoms with E-state index in [2.05, 4.69) is 52.4 Å². The van der Waals surface area contributed by atoms with Crippen LogP contribution in [0.2, 0.25) is 0 Å². The number of nitrogens with zero attached hydrogens (tertiary/aromatic N) is 5. The number of hydrogen-bond donors (Lipinski definition) is 1. The highest BCUT2D eigenvalue weighted by molar-refractivity contribution is 5.55. The van der Waals surface area contributed by atoms with Gasteiger partial charge in [-0.05, 0) is 69.2 Å². The summed E-state index contributed by atoms with van der Waals surface area (Å²) in [6.45, 7) is 7.39. The minimum Gasteiger partial charge on any atom is -0.466 e. The lowest BCUT2D eigenvalue weighted by Crippen LogP contribution is -2.51. The molecule has 3 aliphatic heterocycles. The van der Waals surface area contributed by atoms with Crippen LogP contribution >= 0.6 is 0 Å². The van der Waals surface area contributed by atoms with Crippen molar-refractivity contribution in [3.05, 3.63) is 41.0 Å². The first-order chi connectivity index (χ1) is 18.2. The summed E-state index contributed by atoms with van der Waals surface area (Å²) >= 11 is 0. The Bertz CT molecular complexity index is 1170. The third-order valence-corrected chi connectivity index (χ3v) is 8.74. The standard InChI is InChI=1S/C29H38N6O2/c1-2-34-17-6-9-23(34)20-36-28-32-26(35-18-16-31-22(19-35)12-15-30)24-11-14-29(37-27(24)33-28)13-5-8-21-7-3-4-10-25(21)29/h3-4,7,10,22-23,31H,2,5-6,8-9,11-14,16-20H2,1H3/t22-,23-,29?/m0/s1. The first kappa shape index (κ1) is 24.4. The molecule has 3 atom stereocenters. The molecule has 4 aliphatic rings. The van der Waals surface area contributed by atoms with Gasteiger partial charge in [0.25, 0.3) is 0 Å². The Hall–Kier alpha value is -2.89. The van der Waals surface area contributed by atoms with Crippen LogP contribution in [0.25, 0.3) is 0 Å². The molecule has 1 aliphatic carbocycles. The monoisotopic (exact) mass is 502 g/mol. The van der Waals surface area contributed by atoms with Crippen molar-refractivity contribution in [2.75, 3.05) is 44.2 Å². The first-order valence-electron chi connectivity index (χ1n) is 14.1. The molecule has 4 heterocycles. The minimum atomic E-state index is -0.331. The average molecular weight is 503 g/mol. The van der Waals surface area contributed by atoms with E-state index in [0.717, 1.165) is 82.6 Å². The third-order valence-electron chi connectivity index (χ3n) is 8.74. The maximum atomic E-state index is 9.27. The largest absolute Gasteiger partial charge is 0.466 e. The number of anilines is 1. The number of nitrogens with one attached hydrogen (secondary N) is 1. The van der Waals surface area contributed by atoms with Crippen molar-refractivity contribution in [3.8, 4) is 18.0 Å². The summed E-state index contributed by atoms with van der Waals surface area (Å²) in [5.41, 5.74) is 3.46. The smallest absolute Gasteiger partial charge is 0.321 e. The Morgan fingerprint density at radius 1 is 1.19 bits per heavy atom. The van der Waals surface area contributed by atoms with Crippen molar-refractivity contribution in [1.29, 1.82) is 5.26 Å². The molecule has 37 heavy (non-hydrogen) atoms. The predicted octanol–water partition coefficient (Wildman–Crippen LogP) is 3.59. The average Bonchev–Trinajstić information content (AvgIpc) is 3.40. The van der Waals surface area contributed by atoms with Crippen LogP contribution in [-0.2, 0) is 18.4 Å². The number of aryl methyl sites for hydroxylation is 1. The number of benzene rings is 1. The maximum absolute atomic E-state index is 9.27. The summed E-state index contributed by atoms with van der Waals surface area (Å²) in [7, 11) is 0. The molecule has 2 fully saturated rings. The van der Waals surface area contributed by atoms with Crippen LogP contribution in [0.3, 0.4) is 0 Å². The zero-order valence-electron chi connectivity index (χ0n) is 21.9. The van der Waals surface area contributed by atoms with Crippen LogP contribution in [0, 0.1) is 11.3 Å². The van der Waals surface area contributed by atoms with Crippen LogP contribution in [0.15, 0.2) is 24.3 Å². The van der Waals surface area contributed by atoms with Crippen molar-refractivity contribution >= 4 is 5.82 Å². The van der Waals surface area contributed by atoms with Gasteiger partial charge in [-0.25, -0.2) is 0 Å². The molecule has 1 unspecified atom stereocenters. The Balaban J connectivity index is 1.33. The van der Waals surface area contributed by atoms with Crippen LogP contribution in [0.1, 0.15) is 62.1 Å². The Morgan fingerprint density at radius 2 is 2.11 bits per heavy atom. The van der Waals surface area contributed by atoms with Gasteiger partial charge in [-0.2, -0.15) is 15.2 Å². The maximum Gasteiger partial charge on any atom is 0.321 e. The molecular weight excluding hydrogens is 464 g/mol. The molecule has 8 heteroatoms. The van der Waals surface area contributed by atoms with Crippen molar-refractivity contribution in [3.63, 3.8) is 0 Å². The van der Waals surface area contributed by atoms with E-state index in [4.69, 9.17) is 19.4 Å². The summed E-state index contributed by atoms with van der Waals surface area (Å²) in [6, 6.07) is 12.0. The molecule has 196 valence electrons. The fourth-order valence-corrected chi connectivity index (χ4v) is 6.81. The SMILES string of the molecule is CCN1CCC[C@H]1COc1nc2c(c(N3CCN[C@@H](CC#N)C3)n1)CCC1(CCCc3ccccc31)O2. The minimum absolute atomic E-state index is 0.131. The van der Waals surface area contributed by atoms with Gasteiger partial charge in [0.2, 0.25) is 5.88 Å². The third kappa shape index (κ3) is 4.75. The molecular formula is C29H38N6O2. The van der Waals surface area contributed by atoms with Gasteiger partial charge in [-0.15, -0.1) is 0 Å². The molecule has 1 aromatic heterocycles. The van der Waals surface area contributed by atoms with E-state index in [1.807, 2.05) is 0 Å². The molecule has 2 saturated heterocycles. The number of aromatic nitrogens is 2. The molecule has 6 rings (SSSR count). The summed E-state index contributed by atoms with van der Waals surface area (Å²) in [4.78, 5) is 14.6. The lowest BCUT2D eigenvalue weighted by Gasteiger charge is -2.43. The second-order valence-corrected chi connectivity index (χ2v) is 10.9. The van der Waals surface area contributed by atoms with Gasteiger partial charge in [0, 0.05) is 31.7 Å². The molecule has 1 N–H and O–H groups in total. The molecule has 1 spiro atoms. The van der Waals surface area contributed by atoms with Gasteiger partial charge >= 0.3 is 6.01 Å². The predicted molar refractivity (Wildman–Crippen MR) is 142 cm³/mol. The van der Waals surface area contributed by atoms with E-state index in [9.17, 15) is 5.26 Å². The lowest BCUT2D eigenvalue weighted by atomic mass is 9.75. The van der Waals surface area contributed by atoms with Gasteiger partial charge in [0.15, 0.2) is 0 Å². The van der Waals surface area contributed by atoms with E-state index in [0.29, 0.717) is 31.0 Å². The number of piperazine rings is 1. The highest BCUT2D eigenvalue weighted by Gasteiger charge is 2.43. The summed E-state index contributed by atoms with van der Waals surface area (Å²) < 4.78 is 13.2. The molecule has 0 bridgehead atoms. The van der Waals surface area contributed by atoms with E-state index in [1.54, 1.807) is 0 Å². The number of fused-ring (bicyclic) bond motifs is 3. The van der Waals surface area contributed by atoms with E-state index in [-0.39, 0.29) is 11.6 Å². The molecule has 0 saturated carbocycles. The van der Waals surface area contributed by atoms with Gasteiger partial charge < -0.3 is 19.7 Å². The molecule has 1 aromatic carbocycles. The zero-order chi connectivity index (χ0) is 25.2. The number of nitriles is 1. The second-order valence-electron chi connectivity index (χ2n) is 10.9. The highest BCUT2D eigenvalue weighted by atomic mass is 16.5. The summed E-state index contributed by atoms with van der Waals surface area (Å²) in [6.07, 6.45) is 7.87. The molecule has 0 amide bonds. The van der Waals surface area contributed by atoms with Crippen LogP contribution < -0.4 is 19.7 Å². The van der Waals surface area contributed by atoms with Crippen molar-refractivity contribution in [1.82, 2.24) is 20.2 Å². The highest BCUT2D eigenvalue weighted by Crippen LogP contribution is 2.48. The second kappa shape index (κ2) is 10.5. The number of ether oxygens (including phenoxy) is 2. The number of hydrogen-bond acceptors (Lipinski definition) is 8. The van der Waals surface area contributed by atoms with Gasteiger partial charge in [0.1, 0.15) is 18.0 Å². The lowest BCUT2D eigenvalue weighted by molar-refractivity contribution is 0.0190. The number of rotatable bonds is 6. The van der Waals surface area contributed by atoms with Crippen LogP contribution in [0.4, 0.5) is 5.82 Å². The molecule has 2 aromatic rings. The fraction of sp³-hybridized carbons (Fsp3) is 0.621. The first-order valence-corrected chi connectivity index (χ1v) is 14.1. The van der Waals surface area contributed by atoms with E-state index in [1.165, 1.54) is 17.5 Å². The number of likely N-dealkylation sites (tertiary alicyclic amines) is 1.